The van der Waals surface area contributed by atoms with Gasteiger partial charge in [0, 0.05) is 23.9 Å². The monoisotopic (exact) mass is 426 g/mol. The summed E-state index contributed by atoms with van der Waals surface area (Å²) in [6.07, 6.45) is 3.65. The Morgan fingerprint density at radius 1 is 1.06 bits per heavy atom. The number of likely N-dealkylation sites (N-methyl/N-ethyl adjacent to an activating group) is 1. The Morgan fingerprint density at radius 2 is 1.88 bits per heavy atom. The van der Waals surface area contributed by atoms with Crippen molar-refractivity contribution in [1.82, 2.24) is 15.3 Å². The van der Waals surface area contributed by atoms with Crippen molar-refractivity contribution in [3.8, 4) is 28.7 Å². The number of nitrogens with zero attached hydrogens (tertiary/aromatic N) is 3. The van der Waals surface area contributed by atoms with Gasteiger partial charge in [-0.25, -0.2) is 9.97 Å². The third-order valence-electron chi connectivity index (χ3n) is 5.85. The normalized spacial score (nSPS) is 12.0. The maximum absolute atomic E-state index is 9.66. The Bertz CT molecular complexity index is 1090. The topological polar surface area (TPSA) is 61.6 Å². The fourth-order valence-corrected chi connectivity index (χ4v) is 4.25. The van der Waals surface area contributed by atoms with E-state index in [2.05, 4.69) is 81.3 Å². The zero-order valence-electron chi connectivity index (χ0n) is 19.9. The van der Waals surface area contributed by atoms with Gasteiger partial charge in [0.15, 0.2) is 5.82 Å². The molecule has 0 fully saturated rings. The molecular weight excluding hydrogens is 392 g/mol. The highest BCUT2D eigenvalue weighted by atomic mass is 14.9. The van der Waals surface area contributed by atoms with E-state index in [4.69, 9.17) is 4.98 Å². The van der Waals surface area contributed by atoms with Crippen LogP contribution in [0.4, 0.5) is 0 Å². The van der Waals surface area contributed by atoms with Crippen LogP contribution in [-0.2, 0) is 12.8 Å². The molecule has 0 amide bonds. The smallest absolute Gasteiger partial charge is 0.160 e. The molecule has 0 saturated heterocycles. The van der Waals surface area contributed by atoms with Crippen LogP contribution in [0.1, 0.15) is 62.8 Å². The van der Waals surface area contributed by atoms with Gasteiger partial charge >= 0.3 is 0 Å². The van der Waals surface area contributed by atoms with Crippen molar-refractivity contribution in [1.29, 1.82) is 5.26 Å². The van der Waals surface area contributed by atoms with E-state index in [1.54, 1.807) is 0 Å². The van der Waals surface area contributed by atoms with Gasteiger partial charge in [0.1, 0.15) is 0 Å². The molecule has 4 nitrogen and oxygen atoms in total. The van der Waals surface area contributed by atoms with E-state index in [-0.39, 0.29) is 0 Å². The van der Waals surface area contributed by atoms with Crippen molar-refractivity contribution in [2.24, 2.45) is 5.92 Å². The standard InChI is InChI=1S/C28H34N4/c1-6-24-25(20(5)18-30-7-2)9-8-10-26(24)28-31-14-13-27(32-28)22-12-11-21(15-19(3)4)23(16-22)17-29/h8-14,16,19-20,30H,6-7,15,18H2,1-5H3. The van der Waals surface area contributed by atoms with E-state index < -0.39 is 0 Å². The molecule has 32 heavy (non-hydrogen) atoms. The maximum atomic E-state index is 9.66. The van der Waals surface area contributed by atoms with Crippen LogP contribution in [0.5, 0.6) is 0 Å². The molecule has 1 heterocycles. The summed E-state index contributed by atoms with van der Waals surface area (Å²) < 4.78 is 0. The molecule has 0 aliphatic carbocycles. The first-order valence-corrected chi connectivity index (χ1v) is 11.7. The lowest BCUT2D eigenvalue weighted by atomic mass is 9.90. The number of hydrogen-bond acceptors (Lipinski definition) is 4. The van der Waals surface area contributed by atoms with E-state index in [9.17, 15) is 5.26 Å². The maximum Gasteiger partial charge on any atom is 0.160 e. The quantitative estimate of drug-likeness (QED) is 0.445. The highest BCUT2D eigenvalue weighted by Crippen LogP contribution is 2.30. The van der Waals surface area contributed by atoms with Gasteiger partial charge in [-0.2, -0.15) is 5.26 Å². The SMILES string of the molecule is CCNCC(C)c1cccc(-c2nccc(-c3ccc(CC(C)C)c(C#N)c3)n2)c1CC. The van der Waals surface area contributed by atoms with Crippen LogP contribution in [0.3, 0.4) is 0 Å². The predicted molar refractivity (Wildman–Crippen MR) is 132 cm³/mol. The molecule has 0 spiro atoms. The number of aromatic nitrogens is 2. The molecule has 166 valence electrons. The minimum absolute atomic E-state index is 0.416. The number of benzene rings is 2. The van der Waals surface area contributed by atoms with Crippen molar-refractivity contribution < 1.29 is 0 Å². The van der Waals surface area contributed by atoms with Crippen molar-refractivity contribution in [3.05, 3.63) is 70.9 Å². The lowest BCUT2D eigenvalue weighted by Gasteiger charge is -2.19. The van der Waals surface area contributed by atoms with E-state index >= 15 is 0 Å². The first kappa shape index (κ1) is 23.6. The van der Waals surface area contributed by atoms with E-state index in [1.165, 1.54) is 11.1 Å². The molecule has 0 aliphatic rings. The Kier molecular flexibility index (Phi) is 8.14. The lowest BCUT2D eigenvalue weighted by molar-refractivity contribution is 0.631. The van der Waals surface area contributed by atoms with Crippen LogP contribution >= 0.6 is 0 Å². The van der Waals surface area contributed by atoms with E-state index in [0.717, 1.165) is 59.7 Å². The van der Waals surface area contributed by atoms with Gasteiger partial charge in [-0.15, -0.1) is 0 Å². The number of rotatable bonds is 9. The van der Waals surface area contributed by atoms with Crippen LogP contribution in [0.25, 0.3) is 22.6 Å². The molecule has 1 unspecified atom stereocenters. The van der Waals surface area contributed by atoms with Crippen LogP contribution in [0.2, 0.25) is 0 Å². The molecule has 3 rings (SSSR count). The summed E-state index contributed by atoms with van der Waals surface area (Å²) in [6.45, 7) is 12.9. The molecule has 0 saturated carbocycles. The first-order chi connectivity index (χ1) is 15.5. The van der Waals surface area contributed by atoms with Crippen molar-refractivity contribution in [3.63, 3.8) is 0 Å². The van der Waals surface area contributed by atoms with E-state index in [0.29, 0.717) is 11.8 Å². The van der Waals surface area contributed by atoms with Crippen LogP contribution < -0.4 is 5.32 Å². The summed E-state index contributed by atoms with van der Waals surface area (Å²) in [6, 6.07) is 16.8. The molecule has 1 atom stereocenters. The third kappa shape index (κ3) is 5.41. The van der Waals surface area contributed by atoms with Crippen molar-refractivity contribution in [2.75, 3.05) is 13.1 Å². The van der Waals surface area contributed by atoms with Gasteiger partial charge in [0.2, 0.25) is 0 Å². The summed E-state index contributed by atoms with van der Waals surface area (Å²) in [5.74, 6) is 1.66. The molecule has 0 radical (unpaired) electrons. The summed E-state index contributed by atoms with van der Waals surface area (Å²) in [5.41, 5.74) is 7.36. The summed E-state index contributed by atoms with van der Waals surface area (Å²) in [5, 5.41) is 13.1. The highest BCUT2D eigenvalue weighted by Gasteiger charge is 2.16. The Balaban J connectivity index is 2.01. The van der Waals surface area contributed by atoms with Gasteiger partial charge in [-0.05, 0) is 60.0 Å². The second kappa shape index (κ2) is 11.0. The zero-order chi connectivity index (χ0) is 23.1. The van der Waals surface area contributed by atoms with Crippen molar-refractivity contribution in [2.45, 2.75) is 53.4 Å². The Morgan fingerprint density at radius 3 is 2.56 bits per heavy atom. The van der Waals surface area contributed by atoms with Gasteiger partial charge in [0.05, 0.1) is 17.3 Å². The summed E-state index contributed by atoms with van der Waals surface area (Å²) in [4.78, 5) is 9.53. The third-order valence-corrected chi connectivity index (χ3v) is 5.85. The molecule has 3 aromatic rings. The molecule has 0 aliphatic heterocycles. The first-order valence-electron chi connectivity index (χ1n) is 11.7. The van der Waals surface area contributed by atoms with E-state index in [1.807, 2.05) is 18.3 Å². The molecule has 1 aromatic heterocycles. The molecule has 1 N–H and O–H groups in total. The Hall–Kier alpha value is -3.03. The van der Waals surface area contributed by atoms with Gasteiger partial charge in [-0.1, -0.05) is 65.0 Å². The Labute approximate surface area is 192 Å². The fourth-order valence-electron chi connectivity index (χ4n) is 4.25. The molecule has 2 aromatic carbocycles. The van der Waals surface area contributed by atoms with Crippen LogP contribution in [0.15, 0.2) is 48.7 Å². The van der Waals surface area contributed by atoms with Gasteiger partial charge in [-0.3, -0.25) is 0 Å². The second-order valence-corrected chi connectivity index (χ2v) is 8.78. The summed E-state index contributed by atoms with van der Waals surface area (Å²) >= 11 is 0. The van der Waals surface area contributed by atoms with Crippen LogP contribution in [0, 0.1) is 17.2 Å². The molecule has 4 heteroatoms. The molecular formula is C28H34N4. The molecule has 0 bridgehead atoms. The number of nitriles is 1. The van der Waals surface area contributed by atoms with Crippen molar-refractivity contribution >= 4 is 0 Å². The second-order valence-electron chi connectivity index (χ2n) is 8.78. The lowest BCUT2D eigenvalue weighted by Crippen LogP contribution is -2.20. The summed E-state index contributed by atoms with van der Waals surface area (Å²) in [7, 11) is 0. The number of nitrogens with one attached hydrogen (secondary N) is 1. The largest absolute Gasteiger partial charge is 0.316 e. The minimum Gasteiger partial charge on any atom is -0.316 e. The van der Waals surface area contributed by atoms with Gasteiger partial charge < -0.3 is 5.32 Å². The average Bonchev–Trinajstić information content (AvgIpc) is 2.81. The zero-order valence-corrected chi connectivity index (χ0v) is 19.9. The predicted octanol–water partition coefficient (Wildman–Crippen LogP) is 6.16. The van der Waals surface area contributed by atoms with Crippen LogP contribution in [-0.4, -0.2) is 23.1 Å². The fraction of sp³-hybridized carbons (Fsp3) is 0.393. The minimum atomic E-state index is 0.416. The van der Waals surface area contributed by atoms with Gasteiger partial charge in [0.25, 0.3) is 0 Å². The highest BCUT2D eigenvalue weighted by molar-refractivity contribution is 5.68. The number of hydrogen-bond donors (Lipinski definition) is 1. The average molecular weight is 427 g/mol.